The first-order valence-electron chi connectivity index (χ1n) is 9.69. The van der Waals surface area contributed by atoms with Gasteiger partial charge < -0.3 is 10.2 Å². The maximum atomic E-state index is 12.5. The van der Waals surface area contributed by atoms with Gasteiger partial charge in [0.1, 0.15) is 5.78 Å². The Morgan fingerprint density at radius 1 is 1.12 bits per heavy atom. The number of rotatable bonds is 2. The molecule has 24 heavy (non-hydrogen) atoms. The number of carbonyl (C=O) groups is 1. The summed E-state index contributed by atoms with van der Waals surface area (Å²) in [7, 11) is 0. The van der Waals surface area contributed by atoms with Crippen molar-refractivity contribution in [2.75, 3.05) is 0 Å². The minimum Gasteiger partial charge on any atom is -0.392 e. The van der Waals surface area contributed by atoms with Crippen LogP contribution in [0.4, 0.5) is 0 Å². The Bertz CT molecular complexity index is 474. The Balaban J connectivity index is 2.39. The van der Waals surface area contributed by atoms with Crippen LogP contribution in [0.5, 0.6) is 0 Å². The van der Waals surface area contributed by atoms with Crippen LogP contribution in [-0.4, -0.2) is 28.2 Å². The Morgan fingerprint density at radius 2 is 1.79 bits per heavy atom. The molecule has 2 fully saturated rings. The molecule has 7 atom stereocenters. The maximum Gasteiger partial charge on any atom is 0.136 e. The molecule has 0 aromatic rings. The average molecular weight is 337 g/mol. The molecule has 2 N–H and O–H groups in total. The molecule has 0 saturated heterocycles. The predicted octanol–water partition coefficient (Wildman–Crippen LogP) is 4.12. The second-order valence-corrected chi connectivity index (χ2v) is 8.96. The number of aliphatic hydroxyl groups excluding tert-OH is 2. The summed E-state index contributed by atoms with van der Waals surface area (Å²) < 4.78 is 0. The van der Waals surface area contributed by atoms with Crippen molar-refractivity contribution in [2.45, 2.75) is 84.8 Å². The van der Waals surface area contributed by atoms with Crippen LogP contribution in [0.3, 0.4) is 0 Å². The predicted molar refractivity (Wildman–Crippen MR) is 97.6 cm³/mol. The highest BCUT2D eigenvalue weighted by Crippen LogP contribution is 2.51. The van der Waals surface area contributed by atoms with E-state index in [1.165, 1.54) is 0 Å². The molecule has 0 radical (unpaired) electrons. The lowest BCUT2D eigenvalue weighted by molar-refractivity contribution is -0.135. The molecular formula is C21H36O3. The molecule has 3 unspecified atom stereocenters. The molecule has 2 aliphatic rings. The van der Waals surface area contributed by atoms with Crippen molar-refractivity contribution in [1.82, 2.24) is 0 Å². The normalized spacial score (nSPS) is 48.2. The fourth-order valence-electron chi connectivity index (χ4n) is 5.20. The van der Waals surface area contributed by atoms with Gasteiger partial charge in [-0.1, -0.05) is 46.6 Å². The van der Waals surface area contributed by atoms with E-state index in [-0.39, 0.29) is 17.8 Å². The molecule has 0 amide bonds. The van der Waals surface area contributed by atoms with Gasteiger partial charge in [-0.15, -0.1) is 6.58 Å². The summed E-state index contributed by atoms with van der Waals surface area (Å²) >= 11 is 0. The largest absolute Gasteiger partial charge is 0.392 e. The minimum atomic E-state index is -0.609. The van der Waals surface area contributed by atoms with E-state index < -0.39 is 23.0 Å². The van der Waals surface area contributed by atoms with Gasteiger partial charge in [-0.05, 0) is 37.5 Å². The maximum absolute atomic E-state index is 12.5. The molecule has 2 rings (SSSR count). The fourth-order valence-corrected chi connectivity index (χ4v) is 5.20. The van der Waals surface area contributed by atoms with Crippen LogP contribution < -0.4 is 0 Å². The van der Waals surface area contributed by atoms with Gasteiger partial charge in [-0.25, -0.2) is 0 Å². The molecular weight excluding hydrogens is 300 g/mol. The zero-order valence-electron chi connectivity index (χ0n) is 15.9. The van der Waals surface area contributed by atoms with Crippen molar-refractivity contribution in [3.05, 3.63) is 12.7 Å². The number of hydrogen-bond acceptors (Lipinski definition) is 3. The van der Waals surface area contributed by atoms with Crippen LogP contribution in [0.1, 0.15) is 72.6 Å². The lowest BCUT2D eigenvalue weighted by Crippen LogP contribution is -2.50. The highest BCUT2D eigenvalue weighted by molar-refractivity contribution is 5.83. The monoisotopic (exact) mass is 336 g/mol. The van der Waals surface area contributed by atoms with E-state index in [4.69, 9.17) is 0 Å². The van der Waals surface area contributed by atoms with Gasteiger partial charge in [0.05, 0.1) is 12.2 Å². The summed E-state index contributed by atoms with van der Waals surface area (Å²) in [6.07, 6.45) is 6.63. The van der Waals surface area contributed by atoms with Gasteiger partial charge in [0, 0.05) is 23.2 Å². The molecule has 0 heterocycles. The second-order valence-electron chi connectivity index (χ2n) is 8.96. The molecule has 2 saturated carbocycles. The van der Waals surface area contributed by atoms with Crippen LogP contribution in [-0.2, 0) is 4.79 Å². The molecule has 3 nitrogen and oxygen atoms in total. The first kappa shape index (κ1) is 19.7. The number of aliphatic hydroxyl groups is 2. The zero-order valence-corrected chi connectivity index (χ0v) is 15.9. The van der Waals surface area contributed by atoms with E-state index in [2.05, 4.69) is 27.4 Å². The summed E-state index contributed by atoms with van der Waals surface area (Å²) in [4.78, 5) is 12.5. The van der Waals surface area contributed by atoms with E-state index in [1.807, 2.05) is 6.92 Å². The summed E-state index contributed by atoms with van der Waals surface area (Å²) in [5, 5.41) is 22.1. The third-order valence-corrected chi connectivity index (χ3v) is 7.45. The summed E-state index contributed by atoms with van der Waals surface area (Å²) in [6.45, 7) is 12.3. The first-order valence-corrected chi connectivity index (χ1v) is 9.69. The number of carbonyl (C=O) groups excluding carboxylic acids is 1. The number of Topliss-reactive ketones (excluding diaryl/α,β-unsaturated/α-hetero) is 1. The van der Waals surface area contributed by atoms with Crippen molar-refractivity contribution in [1.29, 1.82) is 0 Å². The molecule has 0 aromatic heterocycles. The standard InChI is InChI=1S/C21H36O3/c1-6-20(4)13-18(23)21(5,16-11-8-12-17(16)22)15(3)10-7-9-14(2)19(20)24/h6,14-16,18-19,23-24H,1,7-13H2,2-5H3/t14?,15-,16?,18-,19?,20+,21-/m1/s1. The van der Waals surface area contributed by atoms with E-state index in [0.717, 1.165) is 32.1 Å². The van der Waals surface area contributed by atoms with Gasteiger partial charge >= 0.3 is 0 Å². The first-order chi connectivity index (χ1) is 11.2. The Morgan fingerprint density at radius 3 is 2.33 bits per heavy atom. The molecule has 0 bridgehead atoms. The van der Waals surface area contributed by atoms with Crippen molar-refractivity contribution in [3.63, 3.8) is 0 Å². The van der Waals surface area contributed by atoms with Crippen molar-refractivity contribution >= 4 is 5.78 Å². The SMILES string of the molecule is C=C[C@@]1(C)C[C@@H](O)[C@@](C)(C2CCCC2=O)[C@H](C)CCCC(C)C1O. The van der Waals surface area contributed by atoms with E-state index in [0.29, 0.717) is 18.6 Å². The van der Waals surface area contributed by atoms with Crippen molar-refractivity contribution < 1.29 is 15.0 Å². The van der Waals surface area contributed by atoms with Crippen molar-refractivity contribution in [2.24, 2.45) is 28.6 Å². The second kappa shape index (κ2) is 7.29. The van der Waals surface area contributed by atoms with E-state index in [1.54, 1.807) is 6.08 Å². The zero-order chi connectivity index (χ0) is 18.1. The molecule has 0 spiro atoms. The minimum absolute atomic E-state index is 0.0504. The fraction of sp³-hybridized carbons (Fsp3) is 0.857. The van der Waals surface area contributed by atoms with Crippen LogP contribution >= 0.6 is 0 Å². The van der Waals surface area contributed by atoms with Gasteiger partial charge in [-0.3, -0.25) is 4.79 Å². The van der Waals surface area contributed by atoms with Gasteiger partial charge in [0.25, 0.3) is 0 Å². The van der Waals surface area contributed by atoms with Gasteiger partial charge in [-0.2, -0.15) is 0 Å². The van der Waals surface area contributed by atoms with Crippen LogP contribution in [0, 0.1) is 28.6 Å². The van der Waals surface area contributed by atoms with Crippen LogP contribution in [0.25, 0.3) is 0 Å². The third kappa shape index (κ3) is 3.35. The highest BCUT2D eigenvalue weighted by Gasteiger charge is 2.51. The molecule has 0 aliphatic heterocycles. The summed E-state index contributed by atoms with van der Waals surface area (Å²) in [5.74, 6) is 0.737. The lowest BCUT2D eigenvalue weighted by Gasteiger charge is -2.48. The topological polar surface area (TPSA) is 57.5 Å². The Labute approximate surface area is 147 Å². The van der Waals surface area contributed by atoms with E-state index in [9.17, 15) is 15.0 Å². The average Bonchev–Trinajstić information content (AvgIpc) is 2.98. The molecule has 0 aromatic carbocycles. The third-order valence-electron chi connectivity index (χ3n) is 7.45. The quantitative estimate of drug-likeness (QED) is 0.746. The number of hydrogen-bond donors (Lipinski definition) is 2. The summed E-state index contributed by atoms with van der Waals surface area (Å²) in [5.41, 5.74) is -0.947. The Kier molecular flexibility index (Phi) is 5.97. The summed E-state index contributed by atoms with van der Waals surface area (Å²) in [6, 6.07) is 0. The molecule has 138 valence electrons. The molecule has 3 heteroatoms. The van der Waals surface area contributed by atoms with Gasteiger partial charge in [0.2, 0.25) is 0 Å². The van der Waals surface area contributed by atoms with Gasteiger partial charge in [0.15, 0.2) is 0 Å². The Hall–Kier alpha value is -0.670. The highest BCUT2D eigenvalue weighted by atomic mass is 16.3. The van der Waals surface area contributed by atoms with E-state index >= 15 is 0 Å². The van der Waals surface area contributed by atoms with Crippen molar-refractivity contribution in [3.8, 4) is 0 Å². The number of ketones is 1. The lowest BCUT2D eigenvalue weighted by atomic mass is 9.58. The van der Waals surface area contributed by atoms with Crippen LogP contribution in [0.2, 0.25) is 0 Å². The molecule has 2 aliphatic carbocycles. The smallest absolute Gasteiger partial charge is 0.136 e. The van der Waals surface area contributed by atoms with Crippen LogP contribution in [0.15, 0.2) is 12.7 Å².